The minimum absolute atomic E-state index is 0.845. The van der Waals surface area contributed by atoms with Crippen molar-refractivity contribution in [2.45, 2.75) is 26.2 Å². The highest BCUT2D eigenvalue weighted by molar-refractivity contribution is 7.34. The molecule has 0 aliphatic carbocycles. The fraction of sp³-hybridized carbons (Fsp3) is 0.750. The van der Waals surface area contributed by atoms with Gasteiger partial charge in [0, 0.05) is 6.54 Å². The van der Waals surface area contributed by atoms with E-state index in [1.165, 1.54) is 24.8 Å². The summed E-state index contributed by atoms with van der Waals surface area (Å²) in [6.07, 6.45) is 3.74. The van der Waals surface area contributed by atoms with Gasteiger partial charge in [-0.05, 0) is 19.5 Å². The first-order valence-corrected chi connectivity index (χ1v) is 5.37. The Labute approximate surface area is 66.1 Å². The maximum atomic E-state index is 3.97. The minimum atomic E-state index is 0.845. The van der Waals surface area contributed by atoms with E-state index < -0.39 is 0 Å². The smallest absolute Gasteiger partial charge is 0.0196 e. The van der Waals surface area contributed by atoms with E-state index in [0.717, 1.165) is 15.3 Å². The van der Waals surface area contributed by atoms with Crippen molar-refractivity contribution in [3.05, 3.63) is 12.2 Å². The fourth-order valence-corrected chi connectivity index (χ4v) is 1.16. The molecule has 0 fully saturated rings. The van der Waals surface area contributed by atoms with Crippen molar-refractivity contribution in [1.29, 1.82) is 0 Å². The van der Waals surface area contributed by atoms with Crippen LogP contribution in [0.15, 0.2) is 12.2 Å². The SMILES string of the molecule is C=C(CCCC)CNPC. The lowest BCUT2D eigenvalue weighted by Crippen LogP contribution is -2.05. The van der Waals surface area contributed by atoms with Gasteiger partial charge in [0.15, 0.2) is 0 Å². The van der Waals surface area contributed by atoms with Gasteiger partial charge in [0.2, 0.25) is 0 Å². The quantitative estimate of drug-likeness (QED) is 0.464. The Morgan fingerprint density at radius 1 is 1.60 bits per heavy atom. The third kappa shape index (κ3) is 6.25. The molecule has 0 saturated heterocycles. The van der Waals surface area contributed by atoms with Gasteiger partial charge in [-0.1, -0.05) is 34.2 Å². The molecule has 60 valence electrons. The maximum absolute atomic E-state index is 3.97. The van der Waals surface area contributed by atoms with Gasteiger partial charge in [-0.3, -0.25) is 5.09 Å². The standard InChI is InChI=1S/C8H18NP/c1-4-5-6-8(2)7-9-10-3/h9-10H,2,4-7H2,1,3H3. The zero-order valence-electron chi connectivity index (χ0n) is 7.04. The molecule has 0 spiro atoms. The van der Waals surface area contributed by atoms with Crippen LogP contribution in [0.3, 0.4) is 0 Å². The molecule has 0 radical (unpaired) electrons. The lowest BCUT2D eigenvalue weighted by Gasteiger charge is -2.03. The topological polar surface area (TPSA) is 12.0 Å². The molecule has 1 N–H and O–H groups in total. The fourth-order valence-electron chi connectivity index (χ4n) is 0.729. The van der Waals surface area contributed by atoms with Gasteiger partial charge in [-0.2, -0.15) is 0 Å². The van der Waals surface area contributed by atoms with Gasteiger partial charge < -0.3 is 0 Å². The number of nitrogens with one attached hydrogen (secondary N) is 1. The Bertz CT molecular complexity index is 81.3. The van der Waals surface area contributed by atoms with Crippen molar-refractivity contribution in [2.24, 2.45) is 0 Å². The summed E-state index contributed by atoms with van der Waals surface area (Å²) in [6.45, 7) is 9.34. The van der Waals surface area contributed by atoms with Gasteiger partial charge in [-0.15, -0.1) is 0 Å². The van der Waals surface area contributed by atoms with Crippen LogP contribution >= 0.6 is 8.73 Å². The summed E-state index contributed by atoms with van der Waals surface area (Å²) in [5, 5.41) is 3.29. The summed E-state index contributed by atoms with van der Waals surface area (Å²) in [5.41, 5.74) is 1.34. The summed E-state index contributed by atoms with van der Waals surface area (Å²) in [4.78, 5) is 0. The van der Waals surface area contributed by atoms with Gasteiger partial charge in [-0.25, -0.2) is 0 Å². The van der Waals surface area contributed by atoms with Crippen LogP contribution in [0.5, 0.6) is 0 Å². The molecule has 0 amide bonds. The summed E-state index contributed by atoms with van der Waals surface area (Å²) in [6, 6.07) is 0. The number of hydrogen-bond donors (Lipinski definition) is 1. The Balaban J connectivity index is 3.09. The predicted octanol–water partition coefficient (Wildman–Crippen LogP) is 2.55. The molecular formula is C8H18NP. The molecule has 1 nitrogen and oxygen atoms in total. The first-order valence-electron chi connectivity index (χ1n) is 3.87. The van der Waals surface area contributed by atoms with E-state index >= 15 is 0 Å². The third-order valence-electron chi connectivity index (χ3n) is 1.40. The largest absolute Gasteiger partial charge is 0.294 e. The minimum Gasteiger partial charge on any atom is -0.294 e. The van der Waals surface area contributed by atoms with Crippen LogP contribution in [-0.4, -0.2) is 13.2 Å². The van der Waals surface area contributed by atoms with Crippen LogP contribution in [0.1, 0.15) is 26.2 Å². The van der Waals surface area contributed by atoms with Crippen LogP contribution in [0.4, 0.5) is 0 Å². The molecule has 2 heteroatoms. The first kappa shape index (κ1) is 10.1. The average Bonchev–Trinajstić information content (AvgIpc) is 1.97. The van der Waals surface area contributed by atoms with Crippen LogP contribution in [0.25, 0.3) is 0 Å². The molecule has 0 aliphatic rings. The summed E-state index contributed by atoms with van der Waals surface area (Å²) < 4.78 is 0. The van der Waals surface area contributed by atoms with Crippen LogP contribution < -0.4 is 5.09 Å². The average molecular weight is 159 g/mol. The van der Waals surface area contributed by atoms with E-state index in [4.69, 9.17) is 0 Å². The molecule has 0 aromatic rings. The number of hydrogen-bond acceptors (Lipinski definition) is 1. The lowest BCUT2D eigenvalue weighted by atomic mass is 10.1. The van der Waals surface area contributed by atoms with E-state index in [9.17, 15) is 0 Å². The highest BCUT2D eigenvalue weighted by atomic mass is 31.1. The second-order valence-electron chi connectivity index (χ2n) is 2.46. The van der Waals surface area contributed by atoms with Gasteiger partial charge >= 0.3 is 0 Å². The van der Waals surface area contributed by atoms with Crippen molar-refractivity contribution < 1.29 is 0 Å². The zero-order valence-corrected chi connectivity index (χ0v) is 8.04. The van der Waals surface area contributed by atoms with Gasteiger partial charge in [0.25, 0.3) is 0 Å². The van der Waals surface area contributed by atoms with Crippen LogP contribution in [0, 0.1) is 0 Å². The normalized spacial score (nSPS) is 11.0. The van der Waals surface area contributed by atoms with Crippen molar-refractivity contribution in [3.8, 4) is 0 Å². The Morgan fingerprint density at radius 3 is 2.80 bits per heavy atom. The second-order valence-corrected chi connectivity index (χ2v) is 3.31. The van der Waals surface area contributed by atoms with E-state index in [1.807, 2.05) is 0 Å². The maximum Gasteiger partial charge on any atom is 0.0196 e. The lowest BCUT2D eigenvalue weighted by molar-refractivity contribution is 0.769. The Morgan fingerprint density at radius 2 is 2.30 bits per heavy atom. The Hall–Kier alpha value is 0.130. The highest BCUT2D eigenvalue weighted by Crippen LogP contribution is 2.05. The highest BCUT2D eigenvalue weighted by Gasteiger charge is 1.90. The molecule has 0 aromatic heterocycles. The summed E-state index contributed by atoms with van der Waals surface area (Å²) >= 11 is 0. The van der Waals surface area contributed by atoms with Crippen LogP contribution in [0.2, 0.25) is 0 Å². The molecule has 10 heavy (non-hydrogen) atoms. The third-order valence-corrected chi connectivity index (χ3v) is 1.93. The van der Waals surface area contributed by atoms with E-state index in [2.05, 4.69) is 25.3 Å². The van der Waals surface area contributed by atoms with Crippen molar-refractivity contribution in [1.82, 2.24) is 5.09 Å². The van der Waals surface area contributed by atoms with E-state index in [0.29, 0.717) is 0 Å². The molecular weight excluding hydrogens is 141 g/mol. The summed E-state index contributed by atoms with van der Waals surface area (Å²) in [5.74, 6) is 0. The van der Waals surface area contributed by atoms with E-state index in [-0.39, 0.29) is 0 Å². The zero-order chi connectivity index (χ0) is 7.82. The van der Waals surface area contributed by atoms with Gasteiger partial charge in [0.05, 0.1) is 0 Å². The van der Waals surface area contributed by atoms with Crippen LogP contribution in [-0.2, 0) is 0 Å². The molecule has 0 heterocycles. The number of unbranched alkanes of at least 4 members (excludes halogenated alkanes) is 1. The second kappa shape index (κ2) is 7.24. The predicted molar refractivity (Wildman–Crippen MR) is 50.9 cm³/mol. The monoisotopic (exact) mass is 159 g/mol. The van der Waals surface area contributed by atoms with Crippen molar-refractivity contribution in [3.63, 3.8) is 0 Å². The van der Waals surface area contributed by atoms with Crippen molar-refractivity contribution >= 4 is 8.73 Å². The molecule has 1 atom stereocenters. The first-order chi connectivity index (χ1) is 4.81. The Kier molecular flexibility index (Phi) is 7.33. The van der Waals surface area contributed by atoms with Crippen molar-refractivity contribution in [2.75, 3.05) is 13.2 Å². The van der Waals surface area contributed by atoms with E-state index in [1.54, 1.807) is 0 Å². The molecule has 0 saturated carbocycles. The molecule has 0 aromatic carbocycles. The summed E-state index contributed by atoms with van der Waals surface area (Å²) in [7, 11) is 0.845. The van der Waals surface area contributed by atoms with Gasteiger partial charge in [0.1, 0.15) is 0 Å². The molecule has 0 aliphatic heterocycles. The number of rotatable bonds is 6. The molecule has 0 rings (SSSR count). The molecule has 0 bridgehead atoms. The molecule has 1 unspecified atom stereocenters.